The van der Waals surface area contributed by atoms with Crippen molar-refractivity contribution in [2.24, 2.45) is 0 Å². The molecule has 27 heavy (non-hydrogen) atoms. The number of hydrogen-bond donors (Lipinski definition) is 1. The average molecular weight is 382 g/mol. The van der Waals surface area contributed by atoms with E-state index < -0.39 is 0 Å². The van der Waals surface area contributed by atoms with E-state index in [9.17, 15) is 4.79 Å². The Kier molecular flexibility index (Phi) is 4.88. The van der Waals surface area contributed by atoms with E-state index in [-0.39, 0.29) is 5.56 Å². The van der Waals surface area contributed by atoms with Crippen molar-refractivity contribution >= 4 is 11.8 Å². The van der Waals surface area contributed by atoms with Crippen molar-refractivity contribution in [2.75, 3.05) is 12.8 Å². The summed E-state index contributed by atoms with van der Waals surface area (Å²) in [6.45, 7) is 6.50. The molecule has 1 aromatic carbocycles. The topological polar surface area (TPSA) is 66.8 Å². The monoisotopic (exact) mass is 381 g/mol. The Morgan fingerprint density at radius 2 is 2.07 bits per heavy atom. The van der Waals surface area contributed by atoms with Crippen LogP contribution in [0.3, 0.4) is 0 Å². The number of H-pyrrole nitrogens is 1. The molecule has 140 valence electrons. The minimum Gasteiger partial charge on any atom is -0.301 e. The zero-order valence-corrected chi connectivity index (χ0v) is 16.6. The Bertz CT molecular complexity index is 1040. The zero-order valence-electron chi connectivity index (χ0n) is 15.8. The Hall–Kier alpha value is -2.38. The van der Waals surface area contributed by atoms with Gasteiger partial charge in [0.05, 0.1) is 23.1 Å². The van der Waals surface area contributed by atoms with Gasteiger partial charge in [-0.1, -0.05) is 30.0 Å². The first-order chi connectivity index (χ1) is 13.1. The second-order valence-corrected chi connectivity index (χ2v) is 7.71. The fourth-order valence-corrected chi connectivity index (χ4v) is 3.97. The molecule has 0 aliphatic carbocycles. The van der Waals surface area contributed by atoms with Gasteiger partial charge in [-0.05, 0) is 31.7 Å². The number of benzene rings is 1. The van der Waals surface area contributed by atoms with Crippen molar-refractivity contribution in [2.45, 2.75) is 38.5 Å². The molecule has 0 fully saturated rings. The predicted octanol–water partition coefficient (Wildman–Crippen LogP) is 2.85. The summed E-state index contributed by atoms with van der Waals surface area (Å²) in [6, 6.07) is 8.26. The predicted molar refractivity (Wildman–Crippen MR) is 107 cm³/mol. The molecular formula is C20H23N5OS. The molecule has 0 saturated carbocycles. The van der Waals surface area contributed by atoms with Crippen molar-refractivity contribution < 1.29 is 0 Å². The number of aryl methyl sites for hydroxylation is 1. The molecule has 4 rings (SSSR count). The Labute approximate surface area is 162 Å². The van der Waals surface area contributed by atoms with Gasteiger partial charge in [0.15, 0.2) is 5.16 Å². The first-order valence-corrected chi connectivity index (χ1v) is 10.3. The number of thioether (sulfide) groups is 1. The third-order valence-corrected chi connectivity index (χ3v) is 5.75. The summed E-state index contributed by atoms with van der Waals surface area (Å²) in [5.41, 5.74) is 6.35. The highest BCUT2D eigenvalue weighted by Gasteiger charge is 2.22. The van der Waals surface area contributed by atoms with Gasteiger partial charge in [-0.25, -0.2) is 9.67 Å². The number of rotatable bonds is 4. The van der Waals surface area contributed by atoms with Gasteiger partial charge in [0.25, 0.3) is 5.56 Å². The maximum atomic E-state index is 12.4. The fraction of sp³-hybridized carbons (Fsp3) is 0.350. The van der Waals surface area contributed by atoms with Crippen LogP contribution in [0.25, 0.3) is 5.69 Å². The first-order valence-electron chi connectivity index (χ1n) is 9.04. The van der Waals surface area contributed by atoms with Crippen molar-refractivity contribution in [1.29, 1.82) is 0 Å². The number of aromatic amines is 1. The SMILES string of the molecule is CSc1nc2c(c(=O)[nH]1)CN(Cc1cnn(-c3ccccc3C)c1C)CC2. The molecule has 6 nitrogen and oxygen atoms in total. The standard InChI is InChI=1S/C20H23N5OS/c1-13-6-4-5-7-18(13)25-14(2)15(10-21-25)11-24-9-8-17-16(12-24)19(26)23-20(22-17)27-3/h4-7,10H,8-9,11-12H2,1-3H3,(H,22,23,26). The van der Waals surface area contributed by atoms with Crippen LogP contribution < -0.4 is 5.56 Å². The van der Waals surface area contributed by atoms with Crippen molar-refractivity contribution in [3.8, 4) is 5.69 Å². The highest BCUT2D eigenvalue weighted by Crippen LogP contribution is 2.22. The molecule has 0 bridgehead atoms. The summed E-state index contributed by atoms with van der Waals surface area (Å²) in [7, 11) is 0. The van der Waals surface area contributed by atoms with Gasteiger partial charge in [0, 0.05) is 37.3 Å². The summed E-state index contributed by atoms with van der Waals surface area (Å²) in [6.07, 6.45) is 4.67. The van der Waals surface area contributed by atoms with Crippen molar-refractivity contribution in [3.05, 3.63) is 68.9 Å². The van der Waals surface area contributed by atoms with E-state index in [2.05, 4.69) is 45.9 Å². The summed E-state index contributed by atoms with van der Waals surface area (Å²) in [5.74, 6) is 0. The van der Waals surface area contributed by atoms with Gasteiger partial charge in [-0.15, -0.1) is 0 Å². The largest absolute Gasteiger partial charge is 0.301 e. The number of aromatic nitrogens is 4. The van der Waals surface area contributed by atoms with Crippen LogP contribution in [0.1, 0.15) is 28.1 Å². The van der Waals surface area contributed by atoms with Crippen LogP contribution in [0.4, 0.5) is 0 Å². The molecule has 3 aromatic rings. The lowest BCUT2D eigenvalue weighted by atomic mass is 10.1. The van der Waals surface area contributed by atoms with E-state index in [4.69, 9.17) is 0 Å². The van der Waals surface area contributed by atoms with Crippen LogP contribution in [0, 0.1) is 13.8 Å². The van der Waals surface area contributed by atoms with Gasteiger partial charge in [0.2, 0.25) is 0 Å². The lowest BCUT2D eigenvalue weighted by molar-refractivity contribution is 0.240. The van der Waals surface area contributed by atoms with E-state index in [1.54, 1.807) is 0 Å². The number of nitrogens with one attached hydrogen (secondary N) is 1. The van der Waals surface area contributed by atoms with E-state index in [1.165, 1.54) is 22.9 Å². The molecule has 0 amide bonds. The normalized spacial score (nSPS) is 14.3. The van der Waals surface area contributed by atoms with E-state index in [1.807, 2.05) is 29.3 Å². The minimum absolute atomic E-state index is 0.0126. The third kappa shape index (κ3) is 3.44. The third-order valence-electron chi connectivity index (χ3n) is 5.17. The number of nitrogens with zero attached hydrogens (tertiary/aromatic N) is 4. The molecule has 2 aromatic heterocycles. The van der Waals surface area contributed by atoms with Gasteiger partial charge in [-0.3, -0.25) is 9.69 Å². The van der Waals surface area contributed by atoms with Crippen molar-refractivity contribution in [3.63, 3.8) is 0 Å². The van der Waals surface area contributed by atoms with E-state index in [0.717, 1.165) is 42.1 Å². The number of hydrogen-bond acceptors (Lipinski definition) is 5. The number of para-hydroxylation sites is 1. The number of fused-ring (bicyclic) bond motifs is 1. The van der Waals surface area contributed by atoms with Crippen LogP contribution in [0.2, 0.25) is 0 Å². The Morgan fingerprint density at radius 3 is 2.85 bits per heavy atom. The molecule has 1 aliphatic rings. The van der Waals surface area contributed by atoms with Gasteiger partial charge in [0.1, 0.15) is 0 Å². The first kappa shape index (κ1) is 18.0. The van der Waals surface area contributed by atoms with Crippen LogP contribution >= 0.6 is 11.8 Å². The van der Waals surface area contributed by atoms with Crippen LogP contribution in [0.5, 0.6) is 0 Å². The highest BCUT2D eigenvalue weighted by atomic mass is 32.2. The zero-order chi connectivity index (χ0) is 19.0. The maximum absolute atomic E-state index is 12.4. The molecule has 0 unspecified atom stereocenters. The molecule has 0 spiro atoms. The van der Waals surface area contributed by atoms with Crippen LogP contribution in [0.15, 0.2) is 40.4 Å². The van der Waals surface area contributed by atoms with Gasteiger partial charge < -0.3 is 4.98 Å². The molecule has 3 heterocycles. The van der Waals surface area contributed by atoms with Crippen LogP contribution in [-0.4, -0.2) is 37.4 Å². The minimum atomic E-state index is -0.0126. The molecule has 1 aliphatic heterocycles. The van der Waals surface area contributed by atoms with E-state index >= 15 is 0 Å². The molecular weight excluding hydrogens is 358 g/mol. The average Bonchev–Trinajstić information content (AvgIpc) is 3.03. The Balaban J connectivity index is 1.56. The second-order valence-electron chi connectivity index (χ2n) is 6.91. The second kappa shape index (κ2) is 7.32. The highest BCUT2D eigenvalue weighted by molar-refractivity contribution is 7.98. The van der Waals surface area contributed by atoms with Gasteiger partial charge >= 0.3 is 0 Å². The fourth-order valence-electron chi connectivity index (χ4n) is 3.57. The van der Waals surface area contributed by atoms with Gasteiger partial charge in [-0.2, -0.15) is 5.10 Å². The Morgan fingerprint density at radius 1 is 1.26 bits per heavy atom. The molecule has 0 atom stereocenters. The van der Waals surface area contributed by atoms with E-state index in [0.29, 0.717) is 11.7 Å². The van der Waals surface area contributed by atoms with Crippen LogP contribution in [-0.2, 0) is 19.5 Å². The molecule has 0 saturated heterocycles. The summed E-state index contributed by atoms with van der Waals surface area (Å²) in [4.78, 5) is 22.1. The molecule has 7 heteroatoms. The molecule has 0 radical (unpaired) electrons. The quantitative estimate of drug-likeness (QED) is 0.556. The van der Waals surface area contributed by atoms with Crippen molar-refractivity contribution in [1.82, 2.24) is 24.6 Å². The lowest BCUT2D eigenvalue weighted by Crippen LogP contribution is -2.35. The summed E-state index contributed by atoms with van der Waals surface area (Å²) < 4.78 is 2.00. The summed E-state index contributed by atoms with van der Waals surface area (Å²) >= 11 is 1.47. The maximum Gasteiger partial charge on any atom is 0.256 e. The lowest BCUT2D eigenvalue weighted by Gasteiger charge is -2.27. The summed E-state index contributed by atoms with van der Waals surface area (Å²) in [5, 5.41) is 5.30. The smallest absolute Gasteiger partial charge is 0.256 e. The molecule has 1 N–H and O–H groups in total.